The van der Waals surface area contributed by atoms with E-state index in [1.54, 1.807) is 14.2 Å². The summed E-state index contributed by atoms with van der Waals surface area (Å²) >= 11 is 0. The first kappa shape index (κ1) is 19.5. The highest BCUT2D eigenvalue weighted by molar-refractivity contribution is 5.79. The summed E-state index contributed by atoms with van der Waals surface area (Å²) in [7, 11) is 3.48. The molecule has 0 heterocycles. The number of benzene rings is 1. The molecule has 23 heavy (non-hydrogen) atoms. The minimum atomic E-state index is 0.243. The van der Waals surface area contributed by atoms with Gasteiger partial charge in [-0.2, -0.15) is 0 Å². The Bertz CT molecular complexity index is 424. The molecular formula is C18H31N3O2. The second kappa shape index (κ2) is 12.9. The van der Waals surface area contributed by atoms with E-state index in [-0.39, 0.29) is 6.04 Å². The molecule has 1 aromatic carbocycles. The second-order valence-corrected chi connectivity index (χ2v) is 5.55. The van der Waals surface area contributed by atoms with Gasteiger partial charge in [-0.05, 0) is 31.7 Å². The molecule has 0 radical (unpaired) electrons. The number of rotatable bonds is 11. The van der Waals surface area contributed by atoms with Crippen LogP contribution >= 0.6 is 0 Å². The summed E-state index contributed by atoms with van der Waals surface area (Å²) in [4.78, 5) is 4.20. The van der Waals surface area contributed by atoms with Crippen molar-refractivity contribution < 1.29 is 9.47 Å². The van der Waals surface area contributed by atoms with Gasteiger partial charge in [-0.15, -0.1) is 0 Å². The lowest BCUT2D eigenvalue weighted by molar-refractivity contribution is 0.133. The molecule has 0 amide bonds. The molecule has 0 saturated carbocycles. The SMILES string of the molecule is CN=C(NCCCCOCCc1ccccc1)NC(C)COC. The Balaban J connectivity index is 1.98. The molecule has 0 saturated heterocycles. The van der Waals surface area contributed by atoms with Crippen LogP contribution in [0.25, 0.3) is 0 Å². The topological polar surface area (TPSA) is 54.9 Å². The third kappa shape index (κ3) is 9.92. The molecule has 0 aliphatic carbocycles. The lowest BCUT2D eigenvalue weighted by Crippen LogP contribution is -2.44. The number of unbranched alkanes of at least 4 members (excludes halogenated alkanes) is 1. The Hall–Kier alpha value is -1.59. The number of aliphatic imine (C=N–C) groups is 1. The maximum Gasteiger partial charge on any atom is 0.191 e. The highest BCUT2D eigenvalue weighted by atomic mass is 16.5. The average Bonchev–Trinajstić information content (AvgIpc) is 2.57. The molecular weight excluding hydrogens is 290 g/mol. The fourth-order valence-corrected chi connectivity index (χ4v) is 2.19. The maximum atomic E-state index is 5.68. The summed E-state index contributed by atoms with van der Waals surface area (Å²) in [6.45, 7) is 5.21. The van der Waals surface area contributed by atoms with Crippen molar-refractivity contribution in [3.63, 3.8) is 0 Å². The average molecular weight is 321 g/mol. The fourth-order valence-electron chi connectivity index (χ4n) is 2.19. The van der Waals surface area contributed by atoms with Crippen LogP contribution in [0.4, 0.5) is 0 Å². The van der Waals surface area contributed by atoms with E-state index in [1.807, 2.05) is 6.07 Å². The Kier molecular flexibility index (Phi) is 10.9. The predicted octanol–water partition coefficient (Wildman–Crippen LogP) is 2.23. The molecule has 1 rings (SSSR count). The van der Waals surface area contributed by atoms with Gasteiger partial charge in [-0.3, -0.25) is 4.99 Å². The van der Waals surface area contributed by atoms with Gasteiger partial charge in [0.05, 0.1) is 13.2 Å². The molecule has 1 aromatic rings. The van der Waals surface area contributed by atoms with E-state index < -0.39 is 0 Å². The van der Waals surface area contributed by atoms with Gasteiger partial charge in [0.1, 0.15) is 0 Å². The van der Waals surface area contributed by atoms with E-state index in [9.17, 15) is 0 Å². The number of hydrogen-bond donors (Lipinski definition) is 2. The number of ether oxygens (including phenoxy) is 2. The van der Waals surface area contributed by atoms with Crippen molar-refractivity contribution in [2.75, 3.05) is 40.5 Å². The quantitative estimate of drug-likeness (QED) is 0.373. The summed E-state index contributed by atoms with van der Waals surface area (Å²) < 4.78 is 10.8. The predicted molar refractivity (Wildman–Crippen MR) is 96.0 cm³/mol. The highest BCUT2D eigenvalue weighted by Crippen LogP contribution is 2.00. The molecule has 0 bridgehead atoms. The van der Waals surface area contributed by atoms with Crippen LogP contribution in [-0.2, 0) is 15.9 Å². The Morgan fingerprint density at radius 2 is 1.96 bits per heavy atom. The Morgan fingerprint density at radius 1 is 1.17 bits per heavy atom. The summed E-state index contributed by atoms with van der Waals surface area (Å²) in [5, 5.41) is 6.58. The van der Waals surface area contributed by atoms with Crippen molar-refractivity contribution >= 4 is 5.96 Å². The molecule has 0 fully saturated rings. The van der Waals surface area contributed by atoms with Crippen molar-refractivity contribution in [3.05, 3.63) is 35.9 Å². The van der Waals surface area contributed by atoms with Gasteiger partial charge >= 0.3 is 0 Å². The summed E-state index contributed by atoms with van der Waals surface area (Å²) in [6.07, 6.45) is 3.09. The van der Waals surface area contributed by atoms with Crippen molar-refractivity contribution in [2.45, 2.75) is 32.2 Å². The molecule has 2 N–H and O–H groups in total. The van der Waals surface area contributed by atoms with Crippen LogP contribution < -0.4 is 10.6 Å². The van der Waals surface area contributed by atoms with Crippen molar-refractivity contribution in [1.82, 2.24) is 10.6 Å². The smallest absolute Gasteiger partial charge is 0.191 e. The molecule has 1 atom stereocenters. The normalized spacial score (nSPS) is 12.9. The summed E-state index contributed by atoms with van der Waals surface area (Å²) in [6, 6.07) is 10.7. The number of nitrogens with zero attached hydrogens (tertiary/aromatic N) is 1. The molecule has 0 aliphatic heterocycles. The number of hydrogen-bond acceptors (Lipinski definition) is 3. The third-order valence-electron chi connectivity index (χ3n) is 3.41. The number of methoxy groups -OCH3 is 1. The second-order valence-electron chi connectivity index (χ2n) is 5.55. The first-order valence-electron chi connectivity index (χ1n) is 8.34. The Morgan fingerprint density at radius 3 is 2.65 bits per heavy atom. The summed E-state index contributed by atoms with van der Waals surface area (Å²) in [5.74, 6) is 0.819. The van der Waals surface area contributed by atoms with Gasteiger partial charge < -0.3 is 20.1 Å². The molecule has 1 unspecified atom stereocenters. The van der Waals surface area contributed by atoms with Crippen LogP contribution in [0.1, 0.15) is 25.3 Å². The van der Waals surface area contributed by atoms with Gasteiger partial charge in [0.25, 0.3) is 0 Å². The van der Waals surface area contributed by atoms with Gasteiger partial charge in [0, 0.05) is 33.4 Å². The van der Waals surface area contributed by atoms with E-state index in [4.69, 9.17) is 9.47 Å². The zero-order chi connectivity index (χ0) is 16.8. The minimum Gasteiger partial charge on any atom is -0.383 e. The van der Waals surface area contributed by atoms with Gasteiger partial charge in [-0.1, -0.05) is 30.3 Å². The van der Waals surface area contributed by atoms with E-state index >= 15 is 0 Å². The van der Waals surface area contributed by atoms with Crippen LogP contribution in [0.2, 0.25) is 0 Å². The van der Waals surface area contributed by atoms with Gasteiger partial charge in [0.15, 0.2) is 5.96 Å². The van der Waals surface area contributed by atoms with Gasteiger partial charge in [0.2, 0.25) is 0 Å². The minimum absolute atomic E-state index is 0.243. The van der Waals surface area contributed by atoms with Crippen LogP contribution in [0.15, 0.2) is 35.3 Å². The molecule has 0 spiro atoms. The fraction of sp³-hybridized carbons (Fsp3) is 0.611. The van der Waals surface area contributed by atoms with Crippen LogP contribution in [0, 0.1) is 0 Å². The zero-order valence-corrected chi connectivity index (χ0v) is 14.7. The van der Waals surface area contributed by atoms with Crippen LogP contribution in [-0.4, -0.2) is 52.5 Å². The van der Waals surface area contributed by atoms with Gasteiger partial charge in [-0.25, -0.2) is 0 Å². The zero-order valence-electron chi connectivity index (χ0n) is 14.7. The highest BCUT2D eigenvalue weighted by Gasteiger charge is 2.03. The monoisotopic (exact) mass is 321 g/mol. The lowest BCUT2D eigenvalue weighted by Gasteiger charge is -2.17. The van der Waals surface area contributed by atoms with E-state index in [2.05, 4.69) is 46.8 Å². The molecule has 130 valence electrons. The van der Waals surface area contributed by atoms with E-state index in [0.29, 0.717) is 6.61 Å². The van der Waals surface area contributed by atoms with E-state index in [1.165, 1.54) is 5.56 Å². The maximum absolute atomic E-state index is 5.68. The molecule has 5 nitrogen and oxygen atoms in total. The first-order valence-corrected chi connectivity index (χ1v) is 8.34. The molecule has 0 aliphatic rings. The Labute approximate surface area is 140 Å². The van der Waals surface area contributed by atoms with Crippen molar-refractivity contribution in [3.8, 4) is 0 Å². The first-order chi connectivity index (χ1) is 11.3. The van der Waals surface area contributed by atoms with Crippen molar-refractivity contribution in [2.24, 2.45) is 4.99 Å². The lowest BCUT2D eigenvalue weighted by atomic mass is 10.2. The largest absolute Gasteiger partial charge is 0.383 e. The molecule has 5 heteroatoms. The summed E-state index contributed by atoms with van der Waals surface area (Å²) in [5.41, 5.74) is 1.33. The number of guanidine groups is 1. The van der Waals surface area contributed by atoms with Crippen LogP contribution in [0.3, 0.4) is 0 Å². The number of nitrogens with one attached hydrogen (secondary N) is 2. The third-order valence-corrected chi connectivity index (χ3v) is 3.41. The van der Waals surface area contributed by atoms with Crippen LogP contribution in [0.5, 0.6) is 0 Å². The standard InChI is InChI=1S/C18H31N3O2/c1-16(15-22-3)21-18(19-2)20-12-7-8-13-23-14-11-17-9-5-4-6-10-17/h4-6,9-10,16H,7-8,11-15H2,1-3H3,(H2,19,20,21). The van der Waals surface area contributed by atoms with Crippen molar-refractivity contribution in [1.29, 1.82) is 0 Å². The van der Waals surface area contributed by atoms with E-state index in [0.717, 1.165) is 45.0 Å². The molecule has 0 aromatic heterocycles.